The lowest BCUT2D eigenvalue weighted by Gasteiger charge is -2.20. The van der Waals surface area contributed by atoms with Gasteiger partial charge in [-0.3, -0.25) is 10.2 Å². The zero-order valence-electron chi connectivity index (χ0n) is 11.1. The van der Waals surface area contributed by atoms with Crippen LogP contribution >= 0.6 is 12.4 Å². The SMILES string of the molecule is CCNN(C(=N)N)C(=O)c1cccc(S(C)(=O)=O)c1.Cl. The highest BCUT2D eigenvalue weighted by molar-refractivity contribution is 7.90. The first-order valence-electron chi connectivity index (χ1n) is 5.49. The first-order chi connectivity index (χ1) is 8.77. The van der Waals surface area contributed by atoms with E-state index in [1.54, 1.807) is 6.92 Å². The smallest absolute Gasteiger partial charge is 0.275 e. The van der Waals surface area contributed by atoms with Gasteiger partial charge in [0.25, 0.3) is 5.91 Å². The molecule has 0 saturated heterocycles. The van der Waals surface area contributed by atoms with Crippen molar-refractivity contribution in [2.45, 2.75) is 11.8 Å². The lowest BCUT2D eigenvalue weighted by atomic mass is 10.2. The summed E-state index contributed by atoms with van der Waals surface area (Å²) < 4.78 is 22.9. The van der Waals surface area contributed by atoms with Gasteiger partial charge in [0, 0.05) is 18.4 Å². The molecular weight excluding hydrogens is 304 g/mol. The Balaban J connectivity index is 0.00000361. The second-order valence-electron chi connectivity index (χ2n) is 3.84. The number of hydrogen-bond donors (Lipinski definition) is 3. The molecule has 1 rings (SSSR count). The molecule has 0 saturated carbocycles. The zero-order valence-corrected chi connectivity index (χ0v) is 12.7. The number of benzene rings is 1. The number of hydrogen-bond acceptors (Lipinski definition) is 5. The lowest BCUT2D eigenvalue weighted by molar-refractivity contribution is 0.0790. The van der Waals surface area contributed by atoms with Crippen molar-refractivity contribution in [3.63, 3.8) is 0 Å². The molecule has 1 aromatic rings. The number of nitrogens with one attached hydrogen (secondary N) is 2. The number of guanidine groups is 1. The van der Waals surface area contributed by atoms with Crippen molar-refractivity contribution in [1.82, 2.24) is 10.4 Å². The molecule has 0 aliphatic carbocycles. The van der Waals surface area contributed by atoms with Crippen LogP contribution in [0.15, 0.2) is 29.2 Å². The van der Waals surface area contributed by atoms with Gasteiger partial charge in [0.1, 0.15) is 0 Å². The Kier molecular flexibility index (Phi) is 6.63. The molecule has 0 fully saturated rings. The maximum Gasteiger partial charge on any atom is 0.275 e. The summed E-state index contributed by atoms with van der Waals surface area (Å²) in [4.78, 5) is 12.1. The molecule has 7 nitrogen and oxygen atoms in total. The summed E-state index contributed by atoms with van der Waals surface area (Å²) in [5.41, 5.74) is 8.05. The molecule has 4 N–H and O–H groups in total. The summed E-state index contributed by atoms with van der Waals surface area (Å²) in [6.45, 7) is 2.15. The summed E-state index contributed by atoms with van der Waals surface area (Å²) in [6, 6.07) is 5.58. The number of amides is 1. The molecule has 0 aliphatic rings. The fraction of sp³-hybridized carbons (Fsp3) is 0.273. The maximum atomic E-state index is 12.1. The van der Waals surface area contributed by atoms with Gasteiger partial charge in [0.15, 0.2) is 9.84 Å². The third kappa shape index (κ3) is 4.48. The molecule has 1 amide bonds. The van der Waals surface area contributed by atoms with Crippen molar-refractivity contribution in [3.05, 3.63) is 29.8 Å². The van der Waals surface area contributed by atoms with Crippen LogP contribution in [-0.4, -0.2) is 38.1 Å². The van der Waals surface area contributed by atoms with Gasteiger partial charge in [-0.1, -0.05) is 13.0 Å². The number of hydrazine groups is 1. The van der Waals surface area contributed by atoms with Gasteiger partial charge in [-0.05, 0) is 18.2 Å². The fourth-order valence-electron chi connectivity index (χ4n) is 1.41. The molecule has 0 heterocycles. The Morgan fingerprint density at radius 1 is 1.45 bits per heavy atom. The van der Waals surface area contributed by atoms with E-state index in [0.29, 0.717) is 6.54 Å². The fourth-order valence-corrected chi connectivity index (χ4v) is 2.08. The largest absolute Gasteiger partial charge is 0.369 e. The minimum absolute atomic E-state index is 0. The second-order valence-corrected chi connectivity index (χ2v) is 5.85. The number of rotatable bonds is 4. The topological polar surface area (TPSA) is 116 Å². The van der Waals surface area contributed by atoms with Crippen LogP contribution in [0, 0.1) is 5.41 Å². The van der Waals surface area contributed by atoms with E-state index in [1.807, 2.05) is 0 Å². The van der Waals surface area contributed by atoms with E-state index >= 15 is 0 Å². The van der Waals surface area contributed by atoms with Gasteiger partial charge in [0.05, 0.1) is 4.90 Å². The summed E-state index contributed by atoms with van der Waals surface area (Å²) in [5.74, 6) is -1.04. The Morgan fingerprint density at radius 3 is 2.50 bits per heavy atom. The normalized spacial score (nSPS) is 10.5. The monoisotopic (exact) mass is 320 g/mol. The molecule has 20 heavy (non-hydrogen) atoms. The molecule has 0 aliphatic heterocycles. The third-order valence-corrected chi connectivity index (χ3v) is 3.38. The van der Waals surface area contributed by atoms with Gasteiger partial charge in [-0.2, -0.15) is 0 Å². The van der Waals surface area contributed by atoms with Crippen LogP contribution in [0.5, 0.6) is 0 Å². The van der Waals surface area contributed by atoms with Crippen molar-refractivity contribution >= 4 is 34.1 Å². The lowest BCUT2D eigenvalue weighted by Crippen LogP contribution is -2.50. The van der Waals surface area contributed by atoms with Gasteiger partial charge >= 0.3 is 0 Å². The number of nitrogens with two attached hydrogens (primary N) is 1. The molecule has 112 valence electrons. The van der Waals surface area contributed by atoms with Crippen LogP contribution < -0.4 is 11.2 Å². The summed E-state index contributed by atoms with van der Waals surface area (Å²) in [5, 5.41) is 8.18. The number of carbonyl (C=O) groups excluding carboxylic acids is 1. The van der Waals surface area contributed by atoms with Gasteiger partial charge in [-0.25, -0.2) is 18.9 Å². The summed E-state index contributed by atoms with van der Waals surface area (Å²) in [7, 11) is -3.39. The van der Waals surface area contributed by atoms with Crippen LogP contribution in [0.1, 0.15) is 17.3 Å². The molecule has 0 spiro atoms. The highest BCUT2D eigenvalue weighted by Crippen LogP contribution is 2.12. The Bertz CT molecular complexity index is 603. The van der Waals surface area contributed by atoms with Crippen LogP contribution in [-0.2, 0) is 9.84 Å². The van der Waals surface area contributed by atoms with Crippen molar-refractivity contribution in [2.75, 3.05) is 12.8 Å². The van der Waals surface area contributed by atoms with E-state index in [4.69, 9.17) is 11.1 Å². The maximum absolute atomic E-state index is 12.1. The Morgan fingerprint density at radius 2 is 2.05 bits per heavy atom. The molecule has 9 heteroatoms. The molecule has 0 radical (unpaired) electrons. The van der Waals surface area contributed by atoms with Crippen molar-refractivity contribution in [2.24, 2.45) is 5.73 Å². The standard InChI is InChI=1S/C11H16N4O3S.ClH/c1-3-14-15(11(12)13)10(16)8-5-4-6-9(7-8)19(2,17)18;/h4-7,14H,3H2,1-2H3,(H3,12,13);1H. The molecular formula is C11H17ClN4O3S. The van der Waals surface area contributed by atoms with Crippen molar-refractivity contribution in [1.29, 1.82) is 5.41 Å². The van der Waals surface area contributed by atoms with Crippen molar-refractivity contribution in [3.8, 4) is 0 Å². The Hall–Kier alpha value is -1.64. The van der Waals surface area contributed by atoms with E-state index in [-0.39, 0.29) is 22.9 Å². The average molecular weight is 321 g/mol. The second kappa shape index (κ2) is 7.22. The number of carbonyl (C=O) groups is 1. The quantitative estimate of drug-likeness (QED) is 0.421. The minimum atomic E-state index is -3.39. The van der Waals surface area contributed by atoms with E-state index in [1.165, 1.54) is 24.3 Å². The van der Waals surface area contributed by atoms with Crippen LogP contribution in [0.25, 0.3) is 0 Å². The van der Waals surface area contributed by atoms with E-state index in [9.17, 15) is 13.2 Å². The highest BCUT2D eigenvalue weighted by Gasteiger charge is 2.19. The van der Waals surface area contributed by atoms with Gasteiger partial charge in [-0.15, -0.1) is 12.4 Å². The van der Waals surface area contributed by atoms with Gasteiger partial charge < -0.3 is 5.73 Å². The summed E-state index contributed by atoms with van der Waals surface area (Å²) in [6.07, 6.45) is 1.06. The van der Waals surface area contributed by atoms with E-state index < -0.39 is 21.7 Å². The first-order valence-corrected chi connectivity index (χ1v) is 7.38. The average Bonchev–Trinajstić information content (AvgIpc) is 2.34. The first kappa shape index (κ1) is 18.4. The molecule has 1 aromatic carbocycles. The van der Waals surface area contributed by atoms with Crippen LogP contribution in [0.4, 0.5) is 0 Å². The predicted octanol–water partition coefficient (Wildman–Crippen LogP) is 0.372. The molecule has 0 aromatic heterocycles. The van der Waals surface area contributed by atoms with E-state index in [0.717, 1.165) is 11.3 Å². The van der Waals surface area contributed by atoms with Gasteiger partial charge in [0.2, 0.25) is 5.96 Å². The van der Waals surface area contributed by atoms with Crippen molar-refractivity contribution < 1.29 is 13.2 Å². The molecule has 0 bridgehead atoms. The number of sulfone groups is 1. The highest BCUT2D eigenvalue weighted by atomic mass is 35.5. The third-order valence-electron chi connectivity index (χ3n) is 2.27. The molecule has 0 atom stereocenters. The van der Waals surface area contributed by atoms with E-state index in [2.05, 4.69) is 5.43 Å². The number of halogens is 1. The predicted molar refractivity (Wildman–Crippen MR) is 78.6 cm³/mol. The van der Waals surface area contributed by atoms with Crippen LogP contribution in [0.3, 0.4) is 0 Å². The minimum Gasteiger partial charge on any atom is -0.369 e. The number of nitrogens with zero attached hydrogens (tertiary/aromatic N) is 1. The van der Waals surface area contributed by atoms with Crippen LogP contribution in [0.2, 0.25) is 0 Å². The summed E-state index contributed by atoms with van der Waals surface area (Å²) >= 11 is 0. The molecule has 0 unspecified atom stereocenters. The Labute approximate surface area is 124 Å². The zero-order chi connectivity index (χ0) is 14.6.